The number of hydrogen-bond donors (Lipinski definition) is 1. The van der Waals surface area contributed by atoms with Gasteiger partial charge in [0.15, 0.2) is 5.82 Å². The molecule has 0 radical (unpaired) electrons. The maximum atomic E-state index is 4.69. The zero-order valence-corrected chi connectivity index (χ0v) is 13.4. The average molecular weight is 287 g/mol. The van der Waals surface area contributed by atoms with Gasteiger partial charge in [0.25, 0.3) is 0 Å². The van der Waals surface area contributed by atoms with Gasteiger partial charge in [-0.2, -0.15) is 5.10 Å². The molecule has 0 amide bonds. The molecule has 1 atom stereocenters. The Kier molecular flexibility index (Phi) is 3.61. The first kappa shape index (κ1) is 14.3. The summed E-state index contributed by atoms with van der Waals surface area (Å²) in [4.78, 5) is 6.82. The van der Waals surface area contributed by atoms with E-state index >= 15 is 0 Å². The van der Waals surface area contributed by atoms with E-state index < -0.39 is 0 Å². The Labute approximate surface area is 126 Å². The number of anilines is 1. The van der Waals surface area contributed by atoms with E-state index in [-0.39, 0.29) is 5.41 Å². The topological polar surface area (TPSA) is 45.5 Å². The third kappa shape index (κ3) is 2.88. The number of aromatic nitrogens is 3. The van der Waals surface area contributed by atoms with E-state index in [2.05, 4.69) is 49.1 Å². The highest BCUT2D eigenvalue weighted by atomic mass is 15.3. The van der Waals surface area contributed by atoms with Crippen molar-refractivity contribution in [3.05, 3.63) is 24.2 Å². The summed E-state index contributed by atoms with van der Waals surface area (Å²) in [7, 11) is 2.12. The minimum atomic E-state index is 0.0505. The minimum absolute atomic E-state index is 0.0505. The molecular formula is C16H25N5. The fourth-order valence-corrected chi connectivity index (χ4v) is 2.90. The van der Waals surface area contributed by atoms with E-state index in [1.807, 2.05) is 16.9 Å². The third-order valence-electron chi connectivity index (χ3n) is 4.16. The molecule has 114 valence electrons. The van der Waals surface area contributed by atoms with E-state index in [0.717, 1.165) is 30.1 Å². The SMILES string of the molecule is CN(CC1CCCN1)c1nccn2nc(C(C)(C)C)cc12. The Morgan fingerprint density at radius 2 is 2.24 bits per heavy atom. The van der Waals surface area contributed by atoms with Crippen LogP contribution < -0.4 is 10.2 Å². The van der Waals surface area contributed by atoms with Crippen LogP contribution in [0.4, 0.5) is 5.82 Å². The fraction of sp³-hybridized carbons (Fsp3) is 0.625. The maximum absolute atomic E-state index is 4.69. The largest absolute Gasteiger partial charge is 0.356 e. The normalized spacial score (nSPS) is 19.3. The smallest absolute Gasteiger partial charge is 0.154 e. The molecule has 2 aromatic heterocycles. The lowest BCUT2D eigenvalue weighted by molar-refractivity contribution is 0.562. The number of nitrogens with zero attached hydrogens (tertiary/aromatic N) is 4. The van der Waals surface area contributed by atoms with Gasteiger partial charge in [-0.3, -0.25) is 0 Å². The van der Waals surface area contributed by atoms with Crippen molar-refractivity contribution in [2.75, 3.05) is 25.0 Å². The van der Waals surface area contributed by atoms with Gasteiger partial charge in [0, 0.05) is 37.4 Å². The number of likely N-dealkylation sites (N-methyl/N-ethyl adjacent to an activating group) is 1. The van der Waals surface area contributed by atoms with Gasteiger partial charge in [-0.05, 0) is 25.5 Å². The summed E-state index contributed by atoms with van der Waals surface area (Å²) in [5.74, 6) is 1.01. The summed E-state index contributed by atoms with van der Waals surface area (Å²) < 4.78 is 1.95. The molecule has 0 spiro atoms. The number of rotatable bonds is 3. The summed E-state index contributed by atoms with van der Waals surface area (Å²) in [6.07, 6.45) is 6.28. The van der Waals surface area contributed by atoms with Crippen molar-refractivity contribution in [3.8, 4) is 0 Å². The number of hydrogen-bond acceptors (Lipinski definition) is 4. The van der Waals surface area contributed by atoms with Gasteiger partial charge in [0.1, 0.15) is 5.52 Å². The molecule has 3 rings (SSSR count). The maximum Gasteiger partial charge on any atom is 0.154 e. The zero-order chi connectivity index (χ0) is 15.0. The van der Waals surface area contributed by atoms with E-state index in [1.54, 1.807) is 0 Å². The second kappa shape index (κ2) is 5.30. The lowest BCUT2D eigenvalue weighted by atomic mass is 9.92. The van der Waals surface area contributed by atoms with E-state index in [0.29, 0.717) is 6.04 Å². The third-order valence-corrected chi connectivity index (χ3v) is 4.16. The Morgan fingerprint density at radius 1 is 1.43 bits per heavy atom. The van der Waals surface area contributed by atoms with Gasteiger partial charge in [0.2, 0.25) is 0 Å². The molecule has 1 N–H and O–H groups in total. The predicted molar refractivity (Wildman–Crippen MR) is 86.0 cm³/mol. The first-order valence-electron chi connectivity index (χ1n) is 7.74. The molecule has 1 aliphatic heterocycles. The van der Waals surface area contributed by atoms with E-state index in [1.165, 1.54) is 12.8 Å². The predicted octanol–water partition coefficient (Wildman–Crippen LogP) is 2.21. The summed E-state index contributed by atoms with van der Waals surface area (Å²) in [6.45, 7) is 8.69. The standard InChI is InChI=1S/C16H25N5/c1-16(2,3)14-10-13-15(18-8-9-21(13)19-14)20(4)11-12-6-5-7-17-12/h8-10,12,17H,5-7,11H2,1-4H3. The molecule has 1 unspecified atom stereocenters. The summed E-state index contributed by atoms with van der Waals surface area (Å²) in [5.41, 5.74) is 2.24. The Hall–Kier alpha value is -1.62. The highest BCUT2D eigenvalue weighted by Crippen LogP contribution is 2.26. The molecular weight excluding hydrogens is 262 g/mol. The van der Waals surface area contributed by atoms with Crippen LogP contribution in [0.2, 0.25) is 0 Å². The molecule has 1 fully saturated rings. The van der Waals surface area contributed by atoms with E-state index in [4.69, 9.17) is 5.10 Å². The average Bonchev–Trinajstić information content (AvgIpc) is 3.05. The number of nitrogens with one attached hydrogen (secondary N) is 1. The molecule has 2 aromatic rings. The van der Waals surface area contributed by atoms with Crippen molar-refractivity contribution < 1.29 is 0 Å². The molecule has 1 aliphatic rings. The van der Waals surface area contributed by atoms with Crippen LogP contribution in [0, 0.1) is 0 Å². The lowest BCUT2D eigenvalue weighted by Gasteiger charge is -2.22. The Morgan fingerprint density at radius 3 is 2.90 bits per heavy atom. The van der Waals surface area contributed by atoms with Crippen LogP contribution in [0.15, 0.2) is 18.5 Å². The lowest BCUT2D eigenvalue weighted by Crippen LogP contribution is -2.35. The van der Waals surface area contributed by atoms with Gasteiger partial charge in [0.05, 0.1) is 5.69 Å². The molecule has 0 bridgehead atoms. The van der Waals surface area contributed by atoms with Crippen LogP contribution in [-0.2, 0) is 5.41 Å². The second-order valence-electron chi connectivity index (χ2n) is 7.03. The van der Waals surface area contributed by atoms with Gasteiger partial charge < -0.3 is 10.2 Å². The van der Waals surface area contributed by atoms with Crippen LogP contribution in [0.5, 0.6) is 0 Å². The molecule has 5 nitrogen and oxygen atoms in total. The molecule has 1 saturated heterocycles. The second-order valence-corrected chi connectivity index (χ2v) is 7.03. The van der Waals surface area contributed by atoms with Crippen molar-refractivity contribution in [2.24, 2.45) is 0 Å². The summed E-state index contributed by atoms with van der Waals surface area (Å²) in [6, 6.07) is 2.74. The van der Waals surface area contributed by atoms with Gasteiger partial charge in [-0.1, -0.05) is 20.8 Å². The van der Waals surface area contributed by atoms with Gasteiger partial charge in [-0.25, -0.2) is 9.50 Å². The van der Waals surface area contributed by atoms with Crippen LogP contribution >= 0.6 is 0 Å². The van der Waals surface area contributed by atoms with Crippen molar-refractivity contribution in [1.29, 1.82) is 0 Å². The van der Waals surface area contributed by atoms with Crippen molar-refractivity contribution in [2.45, 2.75) is 45.1 Å². The van der Waals surface area contributed by atoms with Gasteiger partial charge >= 0.3 is 0 Å². The summed E-state index contributed by atoms with van der Waals surface area (Å²) in [5, 5.41) is 8.24. The highest BCUT2D eigenvalue weighted by Gasteiger charge is 2.21. The quantitative estimate of drug-likeness (QED) is 0.940. The molecule has 0 aromatic carbocycles. The highest BCUT2D eigenvalue weighted by molar-refractivity contribution is 5.69. The first-order valence-corrected chi connectivity index (χ1v) is 7.74. The van der Waals surface area contributed by atoms with Crippen LogP contribution in [0.1, 0.15) is 39.3 Å². The van der Waals surface area contributed by atoms with Crippen LogP contribution in [0.25, 0.3) is 5.52 Å². The minimum Gasteiger partial charge on any atom is -0.356 e. The monoisotopic (exact) mass is 287 g/mol. The molecule has 21 heavy (non-hydrogen) atoms. The Balaban J connectivity index is 1.92. The molecule has 0 aliphatic carbocycles. The molecule has 3 heterocycles. The van der Waals surface area contributed by atoms with Crippen molar-refractivity contribution in [1.82, 2.24) is 19.9 Å². The van der Waals surface area contributed by atoms with E-state index in [9.17, 15) is 0 Å². The number of fused-ring (bicyclic) bond motifs is 1. The summed E-state index contributed by atoms with van der Waals surface area (Å²) >= 11 is 0. The molecule has 5 heteroatoms. The van der Waals surface area contributed by atoms with Gasteiger partial charge in [-0.15, -0.1) is 0 Å². The van der Waals surface area contributed by atoms with Crippen LogP contribution in [-0.4, -0.2) is 40.8 Å². The van der Waals surface area contributed by atoms with Crippen LogP contribution in [0.3, 0.4) is 0 Å². The zero-order valence-electron chi connectivity index (χ0n) is 13.4. The Bertz CT molecular complexity index is 619. The molecule has 0 saturated carbocycles. The first-order chi connectivity index (χ1) is 9.95. The van der Waals surface area contributed by atoms with Crippen molar-refractivity contribution >= 4 is 11.3 Å². The van der Waals surface area contributed by atoms with Crippen molar-refractivity contribution in [3.63, 3.8) is 0 Å². The fourth-order valence-electron chi connectivity index (χ4n) is 2.90.